The van der Waals surface area contributed by atoms with Crippen molar-refractivity contribution in [3.63, 3.8) is 0 Å². The second-order valence-electron chi connectivity index (χ2n) is 3.49. The SMILES string of the molecule is [CH2]CCOCCOS(=O)(=O)c1ccc([N+](=O)[O-])cc1. The summed E-state index contributed by atoms with van der Waals surface area (Å²) in [7, 11) is -3.91. The third kappa shape index (κ3) is 4.93. The minimum atomic E-state index is -3.91. The molecule has 19 heavy (non-hydrogen) atoms. The van der Waals surface area contributed by atoms with Gasteiger partial charge in [0.15, 0.2) is 0 Å². The summed E-state index contributed by atoms with van der Waals surface area (Å²) in [4.78, 5) is 9.70. The molecule has 0 fully saturated rings. The van der Waals surface area contributed by atoms with Crippen molar-refractivity contribution in [2.75, 3.05) is 19.8 Å². The maximum atomic E-state index is 11.7. The Labute approximate surface area is 111 Å². The van der Waals surface area contributed by atoms with Crippen molar-refractivity contribution >= 4 is 15.8 Å². The fraction of sp³-hybridized carbons (Fsp3) is 0.364. The summed E-state index contributed by atoms with van der Waals surface area (Å²) in [5.41, 5.74) is -0.183. The summed E-state index contributed by atoms with van der Waals surface area (Å²) in [6, 6.07) is 4.47. The minimum absolute atomic E-state index is 0.112. The molecule has 0 aromatic heterocycles. The minimum Gasteiger partial charge on any atom is -0.379 e. The van der Waals surface area contributed by atoms with Gasteiger partial charge < -0.3 is 4.74 Å². The van der Waals surface area contributed by atoms with Crippen molar-refractivity contribution in [2.24, 2.45) is 0 Å². The molecular weight excluding hydrogens is 274 g/mol. The van der Waals surface area contributed by atoms with Crippen LogP contribution >= 0.6 is 0 Å². The Balaban J connectivity index is 2.59. The average Bonchev–Trinajstić information content (AvgIpc) is 2.38. The quantitative estimate of drug-likeness (QED) is 0.311. The molecule has 1 aromatic rings. The molecule has 0 saturated heterocycles. The molecule has 0 saturated carbocycles. The lowest BCUT2D eigenvalue weighted by Gasteiger charge is -2.05. The van der Waals surface area contributed by atoms with Crippen LogP contribution < -0.4 is 0 Å². The van der Waals surface area contributed by atoms with Gasteiger partial charge in [-0.25, -0.2) is 0 Å². The van der Waals surface area contributed by atoms with Gasteiger partial charge in [0.1, 0.15) is 0 Å². The van der Waals surface area contributed by atoms with Crippen LogP contribution in [0.4, 0.5) is 5.69 Å². The predicted octanol–water partition coefficient (Wildman–Crippen LogP) is 1.54. The molecule has 1 radical (unpaired) electrons. The highest BCUT2D eigenvalue weighted by atomic mass is 32.2. The van der Waals surface area contributed by atoms with Crippen molar-refractivity contribution in [1.82, 2.24) is 0 Å². The molecule has 0 aliphatic carbocycles. The maximum absolute atomic E-state index is 11.7. The fourth-order valence-electron chi connectivity index (χ4n) is 1.21. The van der Waals surface area contributed by atoms with Crippen molar-refractivity contribution in [3.05, 3.63) is 41.3 Å². The maximum Gasteiger partial charge on any atom is 0.297 e. The first-order valence-electron chi connectivity index (χ1n) is 5.48. The highest BCUT2D eigenvalue weighted by Crippen LogP contribution is 2.17. The number of non-ortho nitro benzene ring substituents is 1. The smallest absolute Gasteiger partial charge is 0.297 e. The Kier molecular flexibility index (Phi) is 5.87. The highest BCUT2D eigenvalue weighted by Gasteiger charge is 2.16. The van der Waals surface area contributed by atoms with Gasteiger partial charge >= 0.3 is 0 Å². The summed E-state index contributed by atoms with van der Waals surface area (Å²) >= 11 is 0. The van der Waals surface area contributed by atoms with Crippen molar-refractivity contribution in [3.8, 4) is 0 Å². The van der Waals surface area contributed by atoms with Crippen molar-refractivity contribution in [1.29, 1.82) is 0 Å². The Morgan fingerprint density at radius 2 is 1.79 bits per heavy atom. The van der Waals surface area contributed by atoms with Gasteiger partial charge in [-0.3, -0.25) is 14.3 Å². The lowest BCUT2D eigenvalue weighted by Crippen LogP contribution is -2.12. The van der Waals surface area contributed by atoms with Crippen LogP contribution in [0.15, 0.2) is 29.2 Å². The van der Waals surface area contributed by atoms with E-state index in [0.29, 0.717) is 13.0 Å². The van der Waals surface area contributed by atoms with Gasteiger partial charge in [-0.1, -0.05) is 6.92 Å². The molecule has 0 atom stereocenters. The van der Waals surface area contributed by atoms with E-state index in [1.807, 2.05) is 0 Å². The van der Waals surface area contributed by atoms with E-state index in [0.717, 1.165) is 24.3 Å². The number of ether oxygens (including phenoxy) is 1. The van der Waals surface area contributed by atoms with Gasteiger partial charge in [0.25, 0.3) is 15.8 Å². The Bertz CT molecular complexity index is 510. The summed E-state index contributed by atoms with van der Waals surface area (Å²) in [5, 5.41) is 10.4. The number of nitro groups is 1. The second-order valence-corrected chi connectivity index (χ2v) is 5.11. The molecule has 0 N–H and O–H groups in total. The lowest BCUT2D eigenvalue weighted by atomic mass is 10.3. The number of nitrogens with zero attached hydrogens (tertiary/aromatic N) is 1. The average molecular weight is 288 g/mol. The zero-order chi connectivity index (χ0) is 14.3. The molecule has 0 spiro atoms. The van der Waals surface area contributed by atoms with Crippen LogP contribution in [-0.4, -0.2) is 33.2 Å². The van der Waals surface area contributed by atoms with Crippen LogP contribution in [-0.2, 0) is 19.0 Å². The first kappa shape index (κ1) is 15.5. The van der Waals surface area contributed by atoms with Gasteiger partial charge in [0, 0.05) is 18.7 Å². The number of hydrogen-bond donors (Lipinski definition) is 0. The van der Waals surface area contributed by atoms with Gasteiger partial charge in [-0.05, 0) is 18.6 Å². The van der Waals surface area contributed by atoms with E-state index >= 15 is 0 Å². The summed E-state index contributed by atoms with van der Waals surface area (Å²) in [5.74, 6) is 0. The van der Waals surface area contributed by atoms with E-state index in [1.165, 1.54) is 0 Å². The first-order chi connectivity index (χ1) is 8.97. The third-order valence-electron chi connectivity index (χ3n) is 2.09. The molecule has 0 aliphatic heterocycles. The van der Waals surface area contributed by atoms with Gasteiger partial charge in [-0.15, -0.1) is 0 Å². The Morgan fingerprint density at radius 1 is 1.16 bits per heavy atom. The van der Waals surface area contributed by atoms with Crippen LogP contribution in [0.1, 0.15) is 6.42 Å². The second kappa shape index (κ2) is 7.17. The fourth-order valence-corrected chi connectivity index (χ4v) is 2.10. The summed E-state index contributed by atoms with van der Waals surface area (Å²) in [6.07, 6.45) is 0.592. The third-order valence-corrected chi connectivity index (χ3v) is 3.42. The van der Waals surface area contributed by atoms with E-state index in [-0.39, 0.29) is 23.8 Å². The molecule has 1 aromatic carbocycles. The largest absolute Gasteiger partial charge is 0.379 e. The molecule has 0 amide bonds. The van der Waals surface area contributed by atoms with Crippen molar-refractivity contribution in [2.45, 2.75) is 11.3 Å². The van der Waals surface area contributed by atoms with Crippen LogP contribution in [0.25, 0.3) is 0 Å². The normalized spacial score (nSPS) is 11.4. The van der Waals surface area contributed by atoms with E-state index in [1.54, 1.807) is 0 Å². The number of rotatable bonds is 8. The van der Waals surface area contributed by atoms with Gasteiger partial charge in [0.05, 0.1) is 23.0 Å². The number of benzene rings is 1. The van der Waals surface area contributed by atoms with Gasteiger partial charge in [-0.2, -0.15) is 8.42 Å². The lowest BCUT2D eigenvalue weighted by molar-refractivity contribution is -0.384. The topological polar surface area (TPSA) is 95.7 Å². The van der Waals surface area contributed by atoms with Crippen LogP contribution in [0.3, 0.4) is 0 Å². The van der Waals surface area contributed by atoms with Crippen LogP contribution in [0.2, 0.25) is 0 Å². The predicted molar refractivity (Wildman–Crippen MR) is 67.0 cm³/mol. The van der Waals surface area contributed by atoms with E-state index in [9.17, 15) is 18.5 Å². The van der Waals surface area contributed by atoms with E-state index < -0.39 is 15.0 Å². The summed E-state index contributed by atoms with van der Waals surface area (Å²) in [6.45, 7) is 4.02. The standard InChI is InChI=1S/C11H14NO6S/c1-2-7-17-8-9-18-19(15,16)11-5-3-10(4-6-11)12(13)14/h3-6H,1-2,7-9H2. The molecule has 0 heterocycles. The Hall–Kier alpha value is -1.51. The molecule has 0 bridgehead atoms. The van der Waals surface area contributed by atoms with Crippen molar-refractivity contribution < 1.29 is 22.3 Å². The van der Waals surface area contributed by atoms with E-state index in [2.05, 4.69) is 6.92 Å². The van der Waals surface area contributed by atoms with Crippen LogP contribution in [0.5, 0.6) is 0 Å². The van der Waals surface area contributed by atoms with E-state index in [4.69, 9.17) is 8.92 Å². The number of nitro benzene ring substituents is 1. The van der Waals surface area contributed by atoms with Crippen LogP contribution in [0, 0.1) is 17.0 Å². The molecule has 8 heteroatoms. The first-order valence-corrected chi connectivity index (χ1v) is 6.89. The van der Waals surface area contributed by atoms with Gasteiger partial charge in [0.2, 0.25) is 0 Å². The molecule has 7 nitrogen and oxygen atoms in total. The molecule has 0 unspecified atom stereocenters. The zero-order valence-corrected chi connectivity index (χ0v) is 11.0. The molecule has 105 valence electrons. The molecule has 0 aliphatic rings. The zero-order valence-electron chi connectivity index (χ0n) is 10.1. The molecule has 1 rings (SSSR count). The molecular formula is C11H14NO6S. The summed E-state index contributed by atoms with van der Waals surface area (Å²) < 4.78 is 33.1. The number of hydrogen-bond acceptors (Lipinski definition) is 6. The highest BCUT2D eigenvalue weighted by molar-refractivity contribution is 7.86. The monoisotopic (exact) mass is 288 g/mol. The Morgan fingerprint density at radius 3 is 2.32 bits per heavy atom.